The van der Waals surface area contributed by atoms with Crippen LogP contribution in [0.25, 0.3) is 0 Å². The van der Waals surface area contributed by atoms with Crippen molar-refractivity contribution in [3.63, 3.8) is 0 Å². The Morgan fingerprint density at radius 2 is 1.43 bits per heavy atom. The third-order valence-corrected chi connectivity index (χ3v) is 4.49. The van der Waals surface area contributed by atoms with E-state index in [2.05, 4.69) is 9.12 Å². The predicted octanol–water partition coefficient (Wildman–Crippen LogP) is 2.68. The molecule has 0 radical (unpaired) electrons. The van der Waals surface area contributed by atoms with Crippen LogP contribution in [0.3, 0.4) is 0 Å². The molecule has 0 saturated heterocycles. The number of hydrogen-bond acceptors (Lipinski definition) is 2. The van der Waals surface area contributed by atoms with E-state index in [-0.39, 0.29) is 0 Å². The monoisotopic (exact) mass is 300 g/mol. The molecule has 0 aromatic heterocycles. The first-order valence-corrected chi connectivity index (χ1v) is 8.14. The molecule has 2 aromatic carbocycles. The average Bonchev–Trinajstić information content (AvgIpc) is 2.76. The summed E-state index contributed by atoms with van der Waals surface area (Å²) in [5.74, 6) is 0. The van der Waals surface area contributed by atoms with Crippen molar-refractivity contribution < 1.29 is 8.42 Å². The molecule has 0 fully saturated rings. The SMILES string of the molecule is Cc1ccc(C2=NS(=O)(=O)N[C@H]2c2ccc(C)cc2)cc1. The Balaban J connectivity index is 2.06. The summed E-state index contributed by atoms with van der Waals surface area (Å²) in [6, 6.07) is 15.1. The second kappa shape index (κ2) is 5.09. The Morgan fingerprint density at radius 1 is 0.905 bits per heavy atom. The molecule has 4 nitrogen and oxygen atoms in total. The lowest BCUT2D eigenvalue weighted by Crippen LogP contribution is -2.24. The lowest BCUT2D eigenvalue weighted by molar-refractivity contribution is 0.585. The molecule has 1 aliphatic rings. The van der Waals surface area contributed by atoms with Crippen molar-refractivity contribution in [1.82, 2.24) is 4.72 Å². The zero-order valence-corrected chi connectivity index (χ0v) is 12.7. The summed E-state index contributed by atoms with van der Waals surface area (Å²) in [4.78, 5) is 0. The fraction of sp³-hybridized carbons (Fsp3) is 0.188. The lowest BCUT2D eigenvalue weighted by Gasteiger charge is -2.13. The molecule has 21 heavy (non-hydrogen) atoms. The fourth-order valence-electron chi connectivity index (χ4n) is 2.34. The normalized spacial score (nSPS) is 20.3. The number of aryl methyl sites for hydroxylation is 2. The van der Waals surface area contributed by atoms with Gasteiger partial charge in [-0.2, -0.15) is 17.5 Å². The van der Waals surface area contributed by atoms with E-state index in [1.54, 1.807) is 0 Å². The maximum atomic E-state index is 11.8. The molecule has 0 unspecified atom stereocenters. The van der Waals surface area contributed by atoms with Gasteiger partial charge in [0, 0.05) is 0 Å². The van der Waals surface area contributed by atoms with Gasteiger partial charge in [-0.15, -0.1) is 0 Å². The van der Waals surface area contributed by atoms with E-state index in [0.717, 1.165) is 22.3 Å². The second-order valence-corrected chi connectivity index (χ2v) is 6.65. The Kier molecular flexibility index (Phi) is 3.39. The molecule has 3 rings (SSSR count). The van der Waals surface area contributed by atoms with Gasteiger partial charge < -0.3 is 0 Å². The predicted molar refractivity (Wildman–Crippen MR) is 83.7 cm³/mol. The molecule has 1 aliphatic heterocycles. The van der Waals surface area contributed by atoms with E-state index in [0.29, 0.717) is 5.71 Å². The van der Waals surface area contributed by atoms with Gasteiger partial charge in [-0.05, 0) is 25.0 Å². The first-order chi connectivity index (χ1) is 9.94. The highest BCUT2D eigenvalue weighted by Gasteiger charge is 2.32. The molecule has 108 valence electrons. The van der Waals surface area contributed by atoms with Crippen molar-refractivity contribution in [3.8, 4) is 0 Å². The molecular formula is C16H16N2O2S. The number of benzene rings is 2. The molecular weight excluding hydrogens is 284 g/mol. The highest BCUT2D eigenvalue weighted by Crippen LogP contribution is 2.26. The van der Waals surface area contributed by atoms with E-state index in [4.69, 9.17) is 0 Å². The summed E-state index contributed by atoms with van der Waals surface area (Å²) in [6.45, 7) is 3.99. The van der Waals surface area contributed by atoms with Crippen LogP contribution in [-0.2, 0) is 10.2 Å². The summed E-state index contributed by atoms with van der Waals surface area (Å²) >= 11 is 0. The maximum absolute atomic E-state index is 11.8. The molecule has 0 aliphatic carbocycles. The summed E-state index contributed by atoms with van der Waals surface area (Å²) in [6.07, 6.45) is 0. The minimum Gasteiger partial charge on any atom is -0.187 e. The van der Waals surface area contributed by atoms with Crippen LogP contribution < -0.4 is 4.72 Å². The summed E-state index contributed by atoms with van der Waals surface area (Å²) in [7, 11) is -3.62. The quantitative estimate of drug-likeness (QED) is 0.927. The molecule has 0 amide bonds. The Bertz CT molecular complexity index is 791. The second-order valence-electron chi connectivity index (χ2n) is 5.28. The minimum atomic E-state index is -3.62. The number of nitrogens with zero attached hydrogens (tertiary/aromatic N) is 1. The third-order valence-electron chi connectivity index (χ3n) is 3.52. The van der Waals surface area contributed by atoms with Gasteiger partial charge in [0.05, 0.1) is 11.8 Å². The van der Waals surface area contributed by atoms with Crippen molar-refractivity contribution in [2.75, 3.05) is 0 Å². The summed E-state index contributed by atoms with van der Waals surface area (Å²) in [5.41, 5.74) is 4.51. The van der Waals surface area contributed by atoms with Crippen molar-refractivity contribution in [2.45, 2.75) is 19.9 Å². The average molecular weight is 300 g/mol. The Labute approximate surface area is 124 Å². The van der Waals surface area contributed by atoms with Gasteiger partial charge in [-0.1, -0.05) is 59.7 Å². The maximum Gasteiger partial charge on any atom is 0.321 e. The van der Waals surface area contributed by atoms with Crippen molar-refractivity contribution >= 4 is 15.9 Å². The summed E-state index contributed by atoms with van der Waals surface area (Å²) in [5, 5.41) is 0. The zero-order chi connectivity index (χ0) is 15.0. The van der Waals surface area contributed by atoms with Crippen LogP contribution in [0.15, 0.2) is 52.9 Å². The van der Waals surface area contributed by atoms with Gasteiger partial charge in [0.2, 0.25) is 0 Å². The molecule has 5 heteroatoms. The molecule has 1 atom stereocenters. The Hall–Kier alpha value is -1.98. The molecule has 2 aromatic rings. The first kappa shape index (κ1) is 14.0. The summed E-state index contributed by atoms with van der Waals surface area (Å²) < 4.78 is 30.1. The fourth-order valence-corrected chi connectivity index (χ4v) is 3.41. The number of hydrogen-bond donors (Lipinski definition) is 1. The van der Waals surface area contributed by atoms with Crippen LogP contribution in [0.4, 0.5) is 0 Å². The molecule has 1 heterocycles. The van der Waals surface area contributed by atoms with Gasteiger partial charge in [0.15, 0.2) is 0 Å². The van der Waals surface area contributed by atoms with Crippen LogP contribution in [0, 0.1) is 13.8 Å². The molecule has 0 spiro atoms. The van der Waals surface area contributed by atoms with E-state index < -0.39 is 16.3 Å². The topological polar surface area (TPSA) is 58.5 Å². The highest BCUT2D eigenvalue weighted by molar-refractivity contribution is 7.88. The van der Waals surface area contributed by atoms with Crippen molar-refractivity contribution in [1.29, 1.82) is 0 Å². The largest absolute Gasteiger partial charge is 0.321 e. The van der Waals surface area contributed by atoms with E-state index in [9.17, 15) is 8.42 Å². The van der Waals surface area contributed by atoms with Crippen LogP contribution in [0.2, 0.25) is 0 Å². The molecule has 0 saturated carbocycles. The minimum absolute atomic E-state index is 0.432. The van der Waals surface area contributed by atoms with Gasteiger partial charge in [0.25, 0.3) is 0 Å². The van der Waals surface area contributed by atoms with Gasteiger partial charge in [-0.25, -0.2) is 0 Å². The van der Waals surface area contributed by atoms with Crippen LogP contribution in [-0.4, -0.2) is 14.1 Å². The van der Waals surface area contributed by atoms with Crippen molar-refractivity contribution in [3.05, 3.63) is 70.8 Å². The van der Waals surface area contributed by atoms with E-state index in [1.807, 2.05) is 62.4 Å². The lowest BCUT2D eigenvalue weighted by atomic mass is 9.96. The van der Waals surface area contributed by atoms with Crippen LogP contribution in [0.1, 0.15) is 28.3 Å². The van der Waals surface area contributed by atoms with Crippen molar-refractivity contribution in [2.24, 2.45) is 4.40 Å². The highest BCUT2D eigenvalue weighted by atomic mass is 32.2. The molecule has 0 bridgehead atoms. The zero-order valence-electron chi connectivity index (χ0n) is 11.9. The van der Waals surface area contributed by atoms with Gasteiger partial charge in [-0.3, -0.25) is 0 Å². The van der Waals surface area contributed by atoms with E-state index in [1.165, 1.54) is 0 Å². The van der Waals surface area contributed by atoms with Crippen LogP contribution in [0.5, 0.6) is 0 Å². The van der Waals surface area contributed by atoms with Gasteiger partial charge in [0.1, 0.15) is 0 Å². The number of nitrogens with one attached hydrogen (secondary N) is 1. The number of rotatable bonds is 2. The smallest absolute Gasteiger partial charge is 0.187 e. The van der Waals surface area contributed by atoms with Gasteiger partial charge >= 0.3 is 10.2 Å². The first-order valence-electron chi connectivity index (χ1n) is 6.70. The standard InChI is InChI=1S/C16H16N2O2S/c1-11-3-7-13(8-4-11)15-16(18-21(19,20)17-15)14-9-5-12(2)6-10-14/h3-10,15,17H,1-2H3/t15-/m0/s1. The molecule has 1 N–H and O–H groups in total. The van der Waals surface area contributed by atoms with E-state index >= 15 is 0 Å². The Morgan fingerprint density at radius 3 is 2.00 bits per heavy atom. The van der Waals surface area contributed by atoms with Crippen LogP contribution >= 0.6 is 0 Å². The third kappa shape index (κ3) is 2.89.